The monoisotopic (exact) mass is 459 g/mol. The summed E-state index contributed by atoms with van der Waals surface area (Å²) in [7, 11) is -3.64. The molecule has 2 amide bonds. The summed E-state index contributed by atoms with van der Waals surface area (Å²) in [6.07, 6.45) is 0. The van der Waals surface area contributed by atoms with Gasteiger partial charge in [0.25, 0.3) is 0 Å². The molecule has 0 radical (unpaired) electrons. The van der Waals surface area contributed by atoms with Crippen LogP contribution in [0, 0.1) is 5.82 Å². The second-order valence-electron chi connectivity index (χ2n) is 6.69. The molecule has 29 heavy (non-hydrogen) atoms. The Morgan fingerprint density at radius 2 is 1.69 bits per heavy atom. The smallest absolute Gasteiger partial charge is 0.317 e. The number of hydrogen-bond donors (Lipinski definition) is 1. The highest BCUT2D eigenvalue weighted by molar-refractivity contribution is 7.89. The Morgan fingerprint density at radius 3 is 2.28 bits per heavy atom. The van der Waals surface area contributed by atoms with E-state index in [9.17, 15) is 17.6 Å². The summed E-state index contributed by atoms with van der Waals surface area (Å²) in [5.74, 6) is -0.521. The fourth-order valence-corrected chi connectivity index (χ4v) is 4.77. The molecule has 0 aromatic heterocycles. The first-order valence-corrected chi connectivity index (χ1v) is 11.1. The van der Waals surface area contributed by atoms with Crippen LogP contribution < -0.4 is 5.32 Å². The van der Waals surface area contributed by atoms with Gasteiger partial charge in [-0.1, -0.05) is 29.3 Å². The van der Waals surface area contributed by atoms with Crippen LogP contribution >= 0.6 is 23.2 Å². The molecule has 1 N–H and O–H groups in total. The average Bonchev–Trinajstić information content (AvgIpc) is 2.70. The zero-order valence-electron chi connectivity index (χ0n) is 15.6. The maximum absolute atomic E-state index is 13.3. The maximum atomic E-state index is 13.3. The Bertz CT molecular complexity index is 994. The molecular formula is C19H20Cl2FN3O3S. The van der Waals surface area contributed by atoms with Crippen LogP contribution in [-0.2, 0) is 10.0 Å². The molecule has 0 saturated carbocycles. The minimum atomic E-state index is -3.64. The number of urea groups is 1. The molecule has 1 aliphatic rings. The molecular weight excluding hydrogens is 440 g/mol. The van der Waals surface area contributed by atoms with Gasteiger partial charge in [-0.2, -0.15) is 4.31 Å². The van der Waals surface area contributed by atoms with E-state index < -0.39 is 15.8 Å². The Hall–Kier alpha value is -1.87. The molecule has 0 aliphatic carbocycles. The summed E-state index contributed by atoms with van der Waals surface area (Å²) in [4.78, 5) is 14.2. The van der Waals surface area contributed by atoms with Gasteiger partial charge in [-0.05, 0) is 48.9 Å². The number of halogens is 3. The number of nitrogens with zero attached hydrogens (tertiary/aromatic N) is 2. The lowest BCUT2D eigenvalue weighted by Gasteiger charge is -2.34. The first kappa shape index (κ1) is 21.8. The van der Waals surface area contributed by atoms with Crippen molar-refractivity contribution < 1.29 is 17.6 Å². The fraction of sp³-hybridized carbons (Fsp3) is 0.316. The van der Waals surface area contributed by atoms with Crippen LogP contribution in [0.2, 0.25) is 10.0 Å². The Labute approximate surface area is 179 Å². The van der Waals surface area contributed by atoms with E-state index in [0.717, 1.165) is 0 Å². The predicted molar refractivity (Wildman–Crippen MR) is 110 cm³/mol. The predicted octanol–water partition coefficient (Wildman–Crippen LogP) is 3.91. The van der Waals surface area contributed by atoms with Crippen LogP contribution in [0.1, 0.15) is 18.5 Å². The summed E-state index contributed by atoms with van der Waals surface area (Å²) >= 11 is 11.6. The van der Waals surface area contributed by atoms with Crippen molar-refractivity contribution in [2.45, 2.75) is 17.9 Å². The third-order valence-electron chi connectivity index (χ3n) is 4.76. The molecule has 0 spiro atoms. The van der Waals surface area contributed by atoms with Crippen molar-refractivity contribution in [3.05, 3.63) is 63.9 Å². The zero-order valence-corrected chi connectivity index (χ0v) is 17.9. The van der Waals surface area contributed by atoms with Crippen LogP contribution in [0.4, 0.5) is 9.18 Å². The molecule has 1 heterocycles. The quantitative estimate of drug-likeness (QED) is 0.753. The first-order valence-electron chi connectivity index (χ1n) is 8.94. The molecule has 0 bridgehead atoms. The third-order valence-corrected chi connectivity index (χ3v) is 7.22. The first-order chi connectivity index (χ1) is 13.7. The highest BCUT2D eigenvalue weighted by Crippen LogP contribution is 2.22. The molecule has 2 aromatic rings. The second kappa shape index (κ2) is 8.87. The molecule has 1 unspecified atom stereocenters. The highest BCUT2D eigenvalue weighted by atomic mass is 35.5. The van der Waals surface area contributed by atoms with E-state index in [-0.39, 0.29) is 48.2 Å². The minimum Gasteiger partial charge on any atom is -0.331 e. The minimum absolute atomic E-state index is 0.00961. The summed E-state index contributed by atoms with van der Waals surface area (Å²) in [5, 5.41) is 3.28. The number of carbonyl (C=O) groups is 1. The second-order valence-corrected chi connectivity index (χ2v) is 9.47. The standard InChI is InChI=1S/C19H20Cl2FN3O3S/c1-13(14-2-7-18(22)17(21)12-14)23-19(26)24-8-10-25(11-9-24)29(27,28)16-5-3-15(20)4-6-16/h2-7,12-13H,8-11H2,1H3,(H,23,26). The lowest BCUT2D eigenvalue weighted by atomic mass is 10.1. The molecule has 2 aromatic carbocycles. The maximum Gasteiger partial charge on any atom is 0.317 e. The largest absolute Gasteiger partial charge is 0.331 e. The van der Waals surface area contributed by atoms with E-state index in [2.05, 4.69) is 5.32 Å². The van der Waals surface area contributed by atoms with Crippen molar-refractivity contribution in [2.24, 2.45) is 0 Å². The molecule has 1 aliphatic heterocycles. The van der Waals surface area contributed by atoms with Gasteiger partial charge in [-0.15, -0.1) is 0 Å². The molecule has 1 fully saturated rings. The van der Waals surface area contributed by atoms with Crippen LogP contribution in [-0.4, -0.2) is 49.8 Å². The van der Waals surface area contributed by atoms with Gasteiger partial charge in [-0.25, -0.2) is 17.6 Å². The summed E-state index contributed by atoms with van der Waals surface area (Å²) in [6.45, 7) is 2.66. The van der Waals surface area contributed by atoms with E-state index in [1.807, 2.05) is 0 Å². The molecule has 3 rings (SSSR count). The van der Waals surface area contributed by atoms with Crippen molar-refractivity contribution in [1.29, 1.82) is 0 Å². The van der Waals surface area contributed by atoms with Gasteiger partial charge in [0.1, 0.15) is 5.82 Å². The van der Waals surface area contributed by atoms with Crippen molar-refractivity contribution in [3.63, 3.8) is 0 Å². The normalized spacial score (nSPS) is 16.5. The van der Waals surface area contributed by atoms with Crippen molar-refractivity contribution >= 4 is 39.3 Å². The number of nitrogens with one attached hydrogen (secondary N) is 1. The van der Waals surface area contributed by atoms with E-state index in [1.54, 1.807) is 17.9 Å². The third kappa shape index (κ3) is 5.01. The average molecular weight is 460 g/mol. The van der Waals surface area contributed by atoms with Crippen molar-refractivity contribution in [3.8, 4) is 0 Å². The number of amides is 2. The van der Waals surface area contributed by atoms with Gasteiger partial charge in [0, 0.05) is 31.2 Å². The number of hydrogen-bond acceptors (Lipinski definition) is 3. The van der Waals surface area contributed by atoms with Gasteiger partial charge in [0.05, 0.1) is 16.0 Å². The summed E-state index contributed by atoms with van der Waals surface area (Å²) in [6, 6.07) is 9.57. The Kier molecular flexibility index (Phi) is 6.68. The molecule has 1 atom stereocenters. The molecule has 6 nitrogen and oxygen atoms in total. The van der Waals surface area contributed by atoms with Crippen LogP contribution in [0.25, 0.3) is 0 Å². The van der Waals surface area contributed by atoms with E-state index in [1.165, 1.54) is 40.7 Å². The summed E-state index contributed by atoms with van der Waals surface area (Å²) in [5.41, 5.74) is 0.675. The Balaban J connectivity index is 1.59. The highest BCUT2D eigenvalue weighted by Gasteiger charge is 2.30. The van der Waals surface area contributed by atoms with Gasteiger partial charge >= 0.3 is 6.03 Å². The van der Waals surface area contributed by atoms with Crippen LogP contribution in [0.15, 0.2) is 47.4 Å². The van der Waals surface area contributed by atoms with Gasteiger partial charge < -0.3 is 10.2 Å². The number of piperazine rings is 1. The van der Waals surface area contributed by atoms with Crippen molar-refractivity contribution in [2.75, 3.05) is 26.2 Å². The van der Waals surface area contributed by atoms with Gasteiger partial charge in [0.2, 0.25) is 10.0 Å². The van der Waals surface area contributed by atoms with E-state index in [0.29, 0.717) is 10.6 Å². The summed E-state index contributed by atoms with van der Waals surface area (Å²) < 4.78 is 40.1. The van der Waals surface area contributed by atoms with Gasteiger partial charge in [0.15, 0.2) is 0 Å². The number of sulfonamides is 1. The van der Waals surface area contributed by atoms with Crippen LogP contribution in [0.3, 0.4) is 0 Å². The molecule has 156 valence electrons. The van der Waals surface area contributed by atoms with Crippen LogP contribution in [0.5, 0.6) is 0 Å². The van der Waals surface area contributed by atoms with Crippen molar-refractivity contribution in [1.82, 2.24) is 14.5 Å². The zero-order chi connectivity index (χ0) is 21.2. The number of rotatable bonds is 4. The van der Waals surface area contributed by atoms with Gasteiger partial charge in [-0.3, -0.25) is 0 Å². The topological polar surface area (TPSA) is 69.7 Å². The SMILES string of the molecule is CC(NC(=O)N1CCN(S(=O)(=O)c2ccc(Cl)cc2)CC1)c1ccc(F)c(Cl)c1. The number of carbonyl (C=O) groups excluding carboxylic acids is 1. The molecule has 10 heteroatoms. The fourth-order valence-electron chi connectivity index (χ4n) is 3.03. The number of benzene rings is 2. The lowest BCUT2D eigenvalue weighted by molar-refractivity contribution is 0.169. The molecule has 1 saturated heterocycles. The van der Waals surface area contributed by atoms with E-state index >= 15 is 0 Å². The Morgan fingerprint density at radius 1 is 1.07 bits per heavy atom. The van der Waals surface area contributed by atoms with E-state index in [4.69, 9.17) is 23.2 Å². The lowest BCUT2D eigenvalue weighted by Crippen LogP contribution is -2.53.